The van der Waals surface area contributed by atoms with Gasteiger partial charge in [0.25, 0.3) is 0 Å². The Morgan fingerprint density at radius 1 is 1.16 bits per heavy atom. The Kier molecular flexibility index (Phi) is 8.89. The van der Waals surface area contributed by atoms with E-state index in [0.717, 1.165) is 24.1 Å². The molecule has 0 aliphatic carbocycles. The fourth-order valence-corrected chi connectivity index (χ4v) is 5.04. The van der Waals surface area contributed by atoms with Crippen molar-refractivity contribution in [1.82, 2.24) is 0 Å². The molecule has 1 fully saturated rings. The van der Waals surface area contributed by atoms with Crippen LogP contribution in [0, 0.1) is 0 Å². The molecule has 2 atom stereocenters. The van der Waals surface area contributed by atoms with Crippen molar-refractivity contribution in [3.05, 3.63) is 29.8 Å². The summed E-state index contributed by atoms with van der Waals surface area (Å²) in [7, 11) is -1.92. The van der Waals surface area contributed by atoms with Gasteiger partial charge in [-0.2, -0.15) is 0 Å². The van der Waals surface area contributed by atoms with Crippen LogP contribution in [0.5, 0.6) is 0 Å². The molecule has 1 saturated heterocycles. The maximum absolute atomic E-state index is 12.5. The number of carbonyl (C=O) groups excluding carboxylic acids is 2. The third-order valence-electron chi connectivity index (χ3n) is 6.63. The molecule has 0 spiro atoms. The Balaban J connectivity index is 2.25. The lowest BCUT2D eigenvalue weighted by Crippen LogP contribution is -2.42. The number of nitrogens with zero attached hydrogens (tertiary/aromatic N) is 1. The number of ether oxygens (including phenoxy) is 1. The van der Waals surface area contributed by atoms with Crippen molar-refractivity contribution in [2.24, 2.45) is 0 Å². The van der Waals surface area contributed by atoms with E-state index in [-0.39, 0.29) is 23.0 Å². The smallest absolute Gasteiger partial charge is 0.329 e. The second-order valence-corrected chi connectivity index (χ2v) is 14.8. The average molecular weight is 448 g/mol. The van der Waals surface area contributed by atoms with E-state index in [4.69, 9.17) is 9.16 Å². The van der Waals surface area contributed by atoms with Crippen molar-refractivity contribution in [3.63, 3.8) is 0 Å². The number of unbranched alkanes of at least 4 members (excludes halogenated alkanes) is 2. The predicted molar refractivity (Wildman–Crippen MR) is 129 cm³/mol. The summed E-state index contributed by atoms with van der Waals surface area (Å²) in [6.45, 7) is 15.7. The van der Waals surface area contributed by atoms with E-state index >= 15 is 0 Å². The van der Waals surface area contributed by atoms with E-state index in [9.17, 15) is 9.59 Å². The summed E-state index contributed by atoms with van der Waals surface area (Å²) < 4.78 is 12.0. The average Bonchev–Trinajstić information content (AvgIpc) is 3.08. The summed E-state index contributed by atoms with van der Waals surface area (Å²) in [6, 6.07) is 7.50. The van der Waals surface area contributed by atoms with Crippen LogP contribution in [0.2, 0.25) is 18.1 Å². The van der Waals surface area contributed by atoms with Gasteiger partial charge in [0.1, 0.15) is 6.04 Å². The third-order valence-corrected chi connectivity index (χ3v) is 11.1. The van der Waals surface area contributed by atoms with E-state index in [0.29, 0.717) is 19.4 Å². The molecule has 1 heterocycles. The SMILES string of the molecule is CCCCC[C@H](O[Si](C)(C)C(C)(C)C)c1ccc(N2C(=O)CCC2C(=O)OCC)cc1. The summed E-state index contributed by atoms with van der Waals surface area (Å²) in [6.07, 6.45) is 5.43. The highest BCUT2D eigenvalue weighted by Crippen LogP contribution is 2.41. The fourth-order valence-electron chi connectivity index (χ4n) is 3.72. The van der Waals surface area contributed by atoms with Crippen molar-refractivity contribution >= 4 is 25.9 Å². The molecule has 0 bridgehead atoms. The van der Waals surface area contributed by atoms with Gasteiger partial charge >= 0.3 is 5.97 Å². The van der Waals surface area contributed by atoms with Crippen molar-refractivity contribution in [2.75, 3.05) is 11.5 Å². The molecule has 0 aromatic heterocycles. The van der Waals surface area contributed by atoms with Crippen LogP contribution in [0.15, 0.2) is 24.3 Å². The molecule has 6 heteroatoms. The van der Waals surface area contributed by atoms with Crippen LogP contribution in [-0.4, -0.2) is 32.8 Å². The Morgan fingerprint density at radius 2 is 1.81 bits per heavy atom. The van der Waals surface area contributed by atoms with Crippen LogP contribution in [0.1, 0.15) is 84.8 Å². The van der Waals surface area contributed by atoms with Gasteiger partial charge in [0, 0.05) is 12.1 Å². The number of benzene rings is 1. The molecule has 1 aromatic carbocycles. The van der Waals surface area contributed by atoms with E-state index in [1.54, 1.807) is 11.8 Å². The van der Waals surface area contributed by atoms with Gasteiger partial charge in [-0.1, -0.05) is 59.1 Å². The highest BCUT2D eigenvalue weighted by atomic mass is 28.4. The Bertz CT molecular complexity index is 739. The van der Waals surface area contributed by atoms with Crippen molar-refractivity contribution in [3.8, 4) is 0 Å². The monoisotopic (exact) mass is 447 g/mol. The van der Waals surface area contributed by atoms with E-state index in [1.807, 2.05) is 12.1 Å². The highest BCUT2D eigenvalue weighted by molar-refractivity contribution is 6.74. The zero-order valence-electron chi connectivity index (χ0n) is 20.5. The lowest BCUT2D eigenvalue weighted by atomic mass is 10.0. The summed E-state index contributed by atoms with van der Waals surface area (Å²) >= 11 is 0. The van der Waals surface area contributed by atoms with E-state index in [2.05, 4.69) is 52.9 Å². The molecular weight excluding hydrogens is 406 g/mol. The zero-order chi connectivity index (χ0) is 23.2. The van der Waals surface area contributed by atoms with Crippen LogP contribution >= 0.6 is 0 Å². The molecule has 0 radical (unpaired) electrons. The molecular formula is C25H41NO4Si. The zero-order valence-corrected chi connectivity index (χ0v) is 21.5. The molecule has 1 aliphatic rings. The van der Waals surface area contributed by atoms with Gasteiger partial charge in [-0.05, 0) is 55.6 Å². The van der Waals surface area contributed by atoms with Crippen LogP contribution in [0.4, 0.5) is 5.69 Å². The second kappa shape index (κ2) is 10.8. The molecule has 1 unspecified atom stereocenters. The number of hydrogen-bond donors (Lipinski definition) is 0. The number of amides is 1. The van der Waals surface area contributed by atoms with E-state index in [1.165, 1.54) is 12.8 Å². The number of hydrogen-bond acceptors (Lipinski definition) is 4. The molecule has 5 nitrogen and oxygen atoms in total. The van der Waals surface area contributed by atoms with Gasteiger partial charge in [-0.15, -0.1) is 0 Å². The second-order valence-electron chi connectivity index (χ2n) is 10.0. The molecule has 0 saturated carbocycles. The third kappa shape index (κ3) is 6.42. The standard InChI is InChI=1S/C25H41NO4Si/c1-8-10-11-12-22(30-31(6,7)25(3,4)5)19-13-15-20(16-14-19)26-21(17-18-23(26)27)24(28)29-9-2/h13-16,21-22H,8-12,17-18H2,1-7H3/t21?,22-/m0/s1. The first-order valence-electron chi connectivity index (χ1n) is 11.8. The first kappa shape index (κ1) is 25.6. The predicted octanol–water partition coefficient (Wildman–Crippen LogP) is 6.39. The van der Waals surface area contributed by atoms with Crippen LogP contribution in [-0.2, 0) is 18.8 Å². The van der Waals surface area contributed by atoms with Crippen molar-refractivity contribution in [2.45, 2.75) is 103 Å². The largest absolute Gasteiger partial charge is 0.464 e. The van der Waals surface area contributed by atoms with Crippen LogP contribution < -0.4 is 4.90 Å². The van der Waals surface area contributed by atoms with E-state index < -0.39 is 14.4 Å². The van der Waals surface area contributed by atoms with Gasteiger partial charge in [0.05, 0.1) is 12.7 Å². The molecule has 0 N–H and O–H groups in total. The lowest BCUT2D eigenvalue weighted by Gasteiger charge is -2.39. The first-order chi connectivity index (χ1) is 14.5. The van der Waals surface area contributed by atoms with Crippen LogP contribution in [0.3, 0.4) is 0 Å². The normalized spacial score (nSPS) is 18.4. The molecule has 31 heavy (non-hydrogen) atoms. The number of rotatable bonds is 10. The molecule has 1 aromatic rings. The van der Waals surface area contributed by atoms with Gasteiger partial charge in [0.2, 0.25) is 5.91 Å². The lowest BCUT2D eigenvalue weighted by molar-refractivity contribution is -0.144. The van der Waals surface area contributed by atoms with Gasteiger partial charge in [0.15, 0.2) is 8.32 Å². The topological polar surface area (TPSA) is 55.8 Å². The molecule has 1 amide bonds. The van der Waals surface area contributed by atoms with Crippen molar-refractivity contribution < 1.29 is 18.8 Å². The van der Waals surface area contributed by atoms with Crippen molar-refractivity contribution in [1.29, 1.82) is 0 Å². The first-order valence-corrected chi connectivity index (χ1v) is 14.7. The number of esters is 1. The van der Waals surface area contributed by atoms with Gasteiger partial charge in [-0.25, -0.2) is 4.79 Å². The summed E-state index contributed by atoms with van der Waals surface area (Å²) in [5, 5.41) is 0.144. The molecule has 174 valence electrons. The number of anilines is 1. The Morgan fingerprint density at radius 3 is 2.35 bits per heavy atom. The maximum Gasteiger partial charge on any atom is 0.329 e. The fraction of sp³-hybridized carbons (Fsp3) is 0.680. The minimum absolute atomic E-state index is 0.0252. The highest BCUT2D eigenvalue weighted by Gasteiger charge is 2.40. The quantitative estimate of drug-likeness (QED) is 0.237. The number of carbonyl (C=O) groups is 2. The van der Waals surface area contributed by atoms with Crippen LogP contribution in [0.25, 0.3) is 0 Å². The minimum Gasteiger partial charge on any atom is -0.464 e. The molecule has 1 aliphatic heterocycles. The van der Waals surface area contributed by atoms with Gasteiger partial charge < -0.3 is 9.16 Å². The van der Waals surface area contributed by atoms with Gasteiger partial charge in [-0.3, -0.25) is 9.69 Å². The Hall–Kier alpha value is -1.66. The Labute approximate surface area is 189 Å². The minimum atomic E-state index is -1.92. The summed E-state index contributed by atoms with van der Waals surface area (Å²) in [5.74, 6) is -0.348. The maximum atomic E-state index is 12.5. The summed E-state index contributed by atoms with van der Waals surface area (Å²) in [4.78, 5) is 26.4. The summed E-state index contributed by atoms with van der Waals surface area (Å²) in [5.41, 5.74) is 1.90. The molecule has 2 rings (SSSR count).